The van der Waals surface area contributed by atoms with E-state index < -0.39 is 18.2 Å². The zero-order valence-corrected chi connectivity index (χ0v) is 9.38. The lowest BCUT2D eigenvalue weighted by atomic mass is 10.1. The highest BCUT2D eigenvalue weighted by molar-refractivity contribution is 5.69. The fraction of sp³-hybridized carbons (Fsp3) is 0.417. The monoisotopic (exact) mass is 246 g/mol. The van der Waals surface area contributed by atoms with Gasteiger partial charge in [-0.25, -0.2) is 13.2 Å². The number of rotatable bonds is 5. The minimum atomic E-state index is -2.69. The molecule has 0 N–H and O–H groups in total. The lowest BCUT2D eigenvalue weighted by Crippen LogP contribution is -2.06. The first kappa shape index (κ1) is 13.5. The summed E-state index contributed by atoms with van der Waals surface area (Å²) in [6, 6.07) is 3.23. The van der Waals surface area contributed by atoms with E-state index in [9.17, 15) is 18.0 Å². The number of hydrogen-bond donors (Lipinski definition) is 0. The topological polar surface area (TPSA) is 26.3 Å². The van der Waals surface area contributed by atoms with Crippen LogP contribution in [0.4, 0.5) is 13.2 Å². The van der Waals surface area contributed by atoms with Crippen LogP contribution in [-0.4, -0.2) is 12.6 Å². The van der Waals surface area contributed by atoms with E-state index in [1.807, 2.05) is 0 Å². The molecule has 1 aromatic rings. The minimum absolute atomic E-state index is 0.0405. The lowest BCUT2D eigenvalue weighted by Gasteiger charge is -2.05. The summed E-state index contributed by atoms with van der Waals surface area (Å²) in [5, 5.41) is 0. The van der Waals surface area contributed by atoms with Crippen molar-refractivity contribution in [3.8, 4) is 0 Å². The minimum Gasteiger partial charge on any atom is -0.466 e. The maximum Gasteiger partial charge on any atom is 0.306 e. The van der Waals surface area contributed by atoms with Gasteiger partial charge in [0.2, 0.25) is 0 Å². The molecule has 0 heterocycles. The quantitative estimate of drug-likeness (QED) is 0.745. The maximum atomic E-state index is 13.4. The highest BCUT2D eigenvalue weighted by Gasteiger charge is 2.11. The van der Waals surface area contributed by atoms with Crippen LogP contribution in [0.2, 0.25) is 0 Å². The van der Waals surface area contributed by atoms with Crippen molar-refractivity contribution in [1.82, 2.24) is 0 Å². The Kier molecular flexibility index (Phi) is 5.00. The Morgan fingerprint density at radius 1 is 1.41 bits per heavy atom. The summed E-state index contributed by atoms with van der Waals surface area (Å²) in [5.74, 6) is -1.14. The van der Waals surface area contributed by atoms with E-state index in [1.165, 1.54) is 6.07 Å². The molecule has 1 rings (SSSR count). The average molecular weight is 246 g/mol. The van der Waals surface area contributed by atoms with E-state index in [0.29, 0.717) is 0 Å². The van der Waals surface area contributed by atoms with Crippen molar-refractivity contribution in [1.29, 1.82) is 0 Å². The lowest BCUT2D eigenvalue weighted by molar-refractivity contribution is -0.143. The van der Waals surface area contributed by atoms with Crippen LogP contribution in [0.15, 0.2) is 18.2 Å². The normalized spacial score (nSPS) is 10.6. The molecule has 0 bridgehead atoms. The van der Waals surface area contributed by atoms with E-state index in [-0.39, 0.29) is 30.6 Å². The van der Waals surface area contributed by atoms with Crippen molar-refractivity contribution in [2.24, 2.45) is 0 Å². The van der Waals surface area contributed by atoms with Crippen molar-refractivity contribution in [3.05, 3.63) is 35.1 Å². The maximum absolute atomic E-state index is 13.4. The average Bonchev–Trinajstić information content (AvgIpc) is 2.27. The van der Waals surface area contributed by atoms with E-state index in [1.54, 1.807) is 6.92 Å². The molecule has 0 amide bonds. The predicted octanol–water partition coefficient (Wildman–Crippen LogP) is 3.26. The van der Waals surface area contributed by atoms with Crippen molar-refractivity contribution >= 4 is 5.97 Å². The fourth-order valence-electron chi connectivity index (χ4n) is 1.37. The Morgan fingerprint density at radius 3 is 2.65 bits per heavy atom. The number of ether oxygens (including phenoxy) is 1. The molecule has 1 aromatic carbocycles. The molecular formula is C12H13F3O2. The number of halogens is 3. The summed E-state index contributed by atoms with van der Waals surface area (Å²) < 4.78 is 42.6. The molecule has 94 valence electrons. The van der Waals surface area contributed by atoms with Gasteiger partial charge in [-0.3, -0.25) is 4.79 Å². The summed E-state index contributed by atoms with van der Waals surface area (Å²) in [5.41, 5.74) is -0.121. The zero-order valence-electron chi connectivity index (χ0n) is 9.38. The Morgan fingerprint density at radius 2 is 2.12 bits per heavy atom. The van der Waals surface area contributed by atoms with Gasteiger partial charge in [-0.1, -0.05) is 12.1 Å². The Hall–Kier alpha value is -1.52. The van der Waals surface area contributed by atoms with Crippen LogP contribution in [0.5, 0.6) is 0 Å². The van der Waals surface area contributed by atoms with Gasteiger partial charge in [0.05, 0.1) is 6.61 Å². The first-order chi connectivity index (χ1) is 8.04. The van der Waals surface area contributed by atoms with Crippen molar-refractivity contribution in [2.45, 2.75) is 26.2 Å². The molecule has 0 unspecified atom stereocenters. The Bertz CT molecular complexity index is 391. The summed E-state index contributed by atoms with van der Waals surface area (Å²) in [6.07, 6.45) is -2.50. The van der Waals surface area contributed by atoms with Gasteiger partial charge in [-0.15, -0.1) is 0 Å². The highest BCUT2D eigenvalue weighted by Crippen LogP contribution is 2.21. The third kappa shape index (κ3) is 4.09. The van der Waals surface area contributed by atoms with Crippen LogP contribution in [0, 0.1) is 5.82 Å². The summed E-state index contributed by atoms with van der Waals surface area (Å²) in [4.78, 5) is 11.0. The van der Waals surface area contributed by atoms with Gasteiger partial charge in [-0.05, 0) is 25.0 Å². The number of aryl methyl sites for hydroxylation is 1. The summed E-state index contributed by atoms with van der Waals surface area (Å²) >= 11 is 0. The van der Waals surface area contributed by atoms with Gasteiger partial charge in [-0.2, -0.15) is 0 Å². The number of esters is 1. The molecule has 0 saturated heterocycles. The Balaban J connectivity index is 2.63. The van der Waals surface area contributed by atoms with Crippen LogP contribution in [0.3, 0.4) is 0 Å². The number of carbonyl (C=O) groups is 1. The molecular weight excluding hydrogens is 233 g/mol. The van der Waals surface area contributed by atoms with E-state index in [2.05, 4.69) is 4.74 Å². The SMILES string of the molecule is CCOC(=O)CCc1ccc(C(F)F)cc1F. The first-order valence-corrected chi connectivity index (χ1v) is 5.26. The van der Waals surface area contributed by atoms with E-state index in [4.69, 9.17) is 0 Å². The van der Waals surface area contributed by atoms with Crippen molar-refractivity contribution in [2.75, 3.05) is 6.61 Å². The summed E-state index contributed by atoms with van der Waals surface area (Å²) in [7, 11) is 0. The zero-order chi connectivity index (χ0) is 12.8. The fourth-order valence-corrected chi connectivity index (χ4v) is 1.37. The van der Waals surface area contributed by atoms with Gasteiger partial charge in [0.1, 0.15) is 5.82 Å². The van der Waals surface area contributed by atoms with Crippen LogP contribution < -0.4 is 0 Å². The third-order valence-electron chi connectivity index (χ3n) is 2.23. The molecule has 2 nitrogen and oxygen atoms in total. The second-order valence-electron chi connectivity index (χ2n) is 3.46. The molecule has 0 aromatic heterocycles. The third-order valence-corrected chi connectivity index (χ3v) is 2.23. The molecule has 0 spiro atoms. The van der Waals surface area contributed by atoms with Crippen molar-refractivity contribution in [3.63, 3.8) is 0 Å². The highest BCUT2D eigenvalue weighted by atomic mass is 19.3. The molecule has 0 radical (unpaired) electrons. The van der Waals surface area contributed by atoms with Gasteiger partial charge >= 0.3 is 5.97 Å². The molecule has 0 aliphatic heterocycles. The Labute approximate surface area is 97.4 Å². The predicted molar refractivity (Wildman–Crippen MR) is 56.3 cm³/mol. The molecule has 0 aliphatic rings. The molecule has 5 heteroatoms. The second kappa shape index (κ2) is 6.27. The van der Waals surface area contributed by atoms with E-state index in [0.717, 1.165) is 12.1 Å². The molecule has 0 atom stereocenters. The van der Waals surface area contributed by atoms with Crippen LogP contribution in [0.1, 0.15) is 30.9 Å². The summed E-state index contributed by atoms with van der Waals surface area (Å²) in [6.45, 7) is 1.95. The number of carbonyl (C=O) groups excluding carboxylic acids is 1. The van der Waals surface area contributed by atoms with Crippen molar-refractivity contribution < 1.29 is 22.7 Å². The van der Waals surface area contributed by atoms with Crippen LogP contribution in [0.25, 0.3) is 0 Å². The number of hydrogen-bond acceptors (Lipinski definition) is 2. The van der Waals surface area contributed by atoms with Gasteiger partial charge in [0.15, 0.2) is 0 Å². The molecule has 0 saturated carbocycles. The smallest absolute Gasteiger partial charge is 0.306 e. The van der Waals surface area contributed by atoms with E-state index >= 15 is 0 Å². The molecule has 0 aliphatic carbocycles. The standard InChI is InChI=1S/C12H13F3O2/c1-2-17-11(16)6-5-8-3-4-9(12(14)15)7-10(8)13/h3-4,7,12H,2,5-6H2,1H3. The molecule has 0 fully saturated rings. The molecule has 17 heavy (non-hydrogen) atoms. The first-order valence-electron chi connectivity index (χ1n) is 5.26. The second-order valence-corrected chi connectivity index (χ2v) is 3.46. The number of benzene rings is 1. The van der Waals surface area contributed by atoms with Crippen LogP contribution in [-0.2, 0) is 16.0 Å². The van der Waals surface area contributed by atoms with Gasteiger partial charge in [0, 0.05) is 12.0 Å². The number of alkyl halides is 2. The van der Waals surface area contributed by atoms with Gasteiger partial charge in [0.25, 0.3) is 6.43 Å². The van der Waals surface area contributed by atoms with Gasteiger partial charge < -0.3 is 4.74 Å². The van der Waals surface area contributed by atoms with Crippen LogP contribution >= 0.6 is 0 Å². The largest absolute Gasteiger partial charge is 0.466 e.